The van der Waals surface area contributed by atoms with Crippen LogP contribution in [0.25, 0.3) is 0 Å². The Balaban J connectivity index is 1.73. The predicted octanol–water partition coefficient (Wildman–Crippen LogP) is 2.14. The van der Waals surface area contributed by atoms with Gasteiger partial charge in [-0.05, 0) is 18.4 Å². The first-order valence-electron chi connectivity index (χ1n) is 7.40. The number of carboxylic acid groups (broad SMARTS) is 1. The quantitative estimate of drug-likeness (QED) is 0.871. The van der Waals surface area contributed by atoms with E-state index in [4.69, 9.17) is 14.6 Å². The largest absolute Gasteiger partial charge is 0.480 e. The number of benzene rings is 1. The smallest absolute Gasteiger partial charge is 0.410 e. The summed E-state index contributed by atoms with van der Waals surface area (Å²) < 4.78 is 10.4. The number of amides is 1. The molecule has 22 heavy (non-hydrogen) atoms. The van der Waals surface area contributed by atoms with Crippen molar-refractivity contribution in [2.24, 2.45) is 5.92 Å². The van der Waals surface area contributed by atoms with E-state index in [2.05, 4.69) is 0 Å². The van der Waals surface area contributed by atoms with Crippen LogP contribution in [0, 0.1) is 5.92 Å². The molecule has 0 bridgehead atoms. The van der Waals surface area contributed by atoms with Crippen LogP contribution in [0.1, 0.15) is 18.4 Å². The van der Waals surface area contributed by atoms with Crippen LogP contribution in [0.2, 0.25) is 0 Å². The summed E-state index contributed by atoms with van der Waals surface area (Å²) in [6.45, 7) is 1.54. The van der Waals surface area contributed by atoms with Gasteiger partial charge in [0.05, 0.1) is 6.61 Å². The van der Waals surface area contributed by atoms with E-state index in [1.165, 1.54) is 0 Å². The van der Waals surface area contributed by atoms with Gasteiger partial charge in [-0.25, -0.2) is 9.59 Å². The highest BCUT2D eigenvalue weighted by Gasteiger charge is 2.25. The number of likely N-dealkylation sites (tertiary alicyclic amines) is 1. The lowest BCUT2D eigenvalue weighted by Gasteiger charge is -2.31. The molecule has 0 aromatic heterocycles. The number of carboxylic acids is 1. The zero-order chi connectivity index (χ0) is 15.8. The van der Waals surface area contributed by atoms with Gasteiger partial charge in [-0.3, -0.25) is 0 Å². The zero-order valence-corrected chi connectivity index (χ0v) is 12.4. The summed E-state index contributed by atoms with van der Waals surface area (Å²) in [7, 11) is 0. The third-order valence-corrected chi connectivity index (χ3v) is 3.56. The molecule has 0 radical (unpaired) electrons. The Morgan fingerprint density at radius 2 is 2.05 bits per heavy atom. The summed E-state index contributed by atoms with van der Waals surface area (Å²) >= 11 is 0. The van der Waals surface area contributed by atoms with E-state index < -0.39 is 5.97 Å². The second-order valence-electron chi connectivity index (χ2n) is 5.40. The molecule has 1 aromatic rings. The number of hydrogen-bond acceptors (Lipinski definition) is 4. The first kappa shape index (κ1) is 16.3. The first-order valence-corrected chi connectivity index (χ1v) is 7.40. The number of aliphatic carboxylic acids is 1. The molecule has 1 fully saturated rings. The maximum atomic E-state index is 12.1. The van der Waals surface area contributed by atoms with E-state index in [1.807, 2.05) is 30.3 Å². The normalized spacial score (nSPS) is 18.0. The SMILES string of the molecule is O=C(O)COC[C@H]1CCCN(C(=O)OCc2ccccc2)C1. The molecule has 1 saturated heterocycles. The fraction of sp³-hybridized carbons (Fsp3) is 0.500. The highest BCUT2D eigenvalue weighted by molar-refractivity contribution is 5.68. The molecule has 0 aliphatic carbocycles. The van der Waals surface area contributed by atoms with Crippen LogP contribution in [0.3, 0.4) is 0 Å². The van der Waals surface area contributed by atoms with Gasteiger partial charge >= 0.3 is 12.1 Å². The Morgan fingerprint density at radius 3 is 2.77 bits per heavy atom. The zero-order valence-electron chi connectivity index (χ0n) is 12.4. The molecule has 0 spiro atoms. The van der Waals surface area contributed by atoms with Crippen LogP contribution in [-0.4, -0.2) is 48.4 Å². The second-order valence-corrected chi connectivity index (χ2v) is 5.40. The van der Waals surface area contributed by atoms with Gasteiger partial charge < -0.3 is 19.5 Å². The number of piperidine rings is 1. The summed E-state index contributed by atoms with van der Waals surface area (Å²) in [5.41, 5.74) is 0.953. The van der Waals surface area contributed by atoms with Crippen molar-refractivity contribution in [3.05, 3.63) is 35.9 Å². The second kappa shape index (κ2) is 8.38. The maximum Gasteiger partial charge on any atom is 0.410 e. The van der Waals surface area contributed by atoms with Crippen LogP contribution in [-0.2, 0) is 20.9 Å². The lowest BCUT2D eigenvalue weighted by atomic mass is 9.99. The van der Waals surface area contributed by atoms with Crippen molar-refractivity contribution >= 4 is 12.1 Å². The van der Waals surface area contributed by atoms with Crippen molar-refractivity contribution in [1.82, 2.24) is 4.90 Å². The van der Waals surface area contributed by atoms with Crippen molar-refractivity contribution < 1.29 is 24.2 Å². The molecular formula is C16H21NO5. The van der Waals surface area contributed by atoms with Crippen LogP contribution in [0.4, 0.5) is 4.79 Å². The molecule has 1 amide bonds. The maximum absolute atomic E-state index is 12.1. The van der Waals surface area contributed by atoms with Crippen molar-refractivity contribution in [3.63, 3.8) is 0 Å². The number of carbonyl (C=O) groups is 2. The van der Waals surface area contributed by atoms with Crippen LogP contribution < -0.4 is 0 Å². The van der Waals surface area contributed by atoms with Crippen LogP contribution >= 0.6 is 0 Å². The van der Waals surface area contributed by atoms with Gasteiger partial charge in [-0.2, -0.15) is 0 Å². The molecule has 0 unspecified atom stereocenters. The van der Waals surface area contributed by atoms with Crippen molar-refractivity contribution in [2.45, 2.75) is 19.4 Å². The minimum Gasteiger partial charge on any atom is -0.480 e. The first-order chi connectivity index (χ1) is 10.6. The van der Waals surface area contributed by atoms with E-state index in [0.29, 0.717) is 19.7 Å². The molecule has 1 aliphatic heterocycles. The third kappa shape index (κ3) is 5.37. The predicted molar refractivity (Wildman–Crippen MR) is 79.4 cm³/mol. The van der Waals surface area contributed by atoms with Gasteiger partial charge in [0.1, 0.15) is 13.2 Å². The number of ether oxygens (including phenoxy) is 2. The minimum absolute atomic E-state index is 0.164. The molecule has 1 N–H and O–H groups in total. The van der Waals surface area contributed by atoms with Crippen molar-refractivity contribution in [2.75, 3.05) is 26.3 Å². The molecule has 1 aromatic carbocycles. The minimum atomic E-state index is -0.977. The highest BCUT2D eigenvalue weighted by Crippen LogP contribution is 2.18. The molecule has 120 valence electrons. The fourth-order valence-corrected chi connectivity index (χ4v) is 2.49. The fourth-order valence-electron chi connectivity index (χ4n) is 2.49. The van der Waals surface area contributed by atoms with E-state index in [9.17, 15) is 9.59 Å². The lowest BCUT2D eigenvalue weighted by Crippen LogP contribution is -2.41. The highest BCUT2D eigenvalue weighted by atomic mass is 16.6. The van der Waals surface area contributed by atoms with Crippen LogP contribution in [0.15, 0.2) is 30.3 Å². The van der Waals surface area contributed by atoms with Crippen LogP contribution in [0.5, 0.6) is 0 Å². The number of rotatable bonds is 6. The summed E-state index contributed by atoms with van der Waals surface area (Å²) in [5, 5.41) is 8.55. The Labute approximate surface area is 129 Å². The van der Waals surface area contributed by atoms with Gasteiger partial charge in [-0.1, -0.05) is 30.3 Å². The number of hydrogen-bond donors (Lipinski definition) is 1. The molecule has 1 heterocycles. The molecule has 0 saturated carbocycles. The molecule has 6 heteroatoms. The molecular weight excluding hydrogens is 286 g/mol. The molecule has 1 atom stereocenters. The summed E-state index contributed by atoms with van der Waals surface area (Å²) in [6.07, 6.45) is 1.48. The Hall–Kier alpha value is -2.08. The Morgan fingerprint density at radius 1 is 1.27 bits per heavy atom. The van der Waals surface area contributed by atoms with E-state index in [-0.39, 0.29) is 25.2 Å². The standard InChI is InChI=1S/C16H21NO5/c18-15(19)12-21-10-14-7-4-8-17(9-14)16(20)22-11-13-5-2-1-3-6-13/h1-3,5-6,14H,4,7-12H2,(H,18,19)/t14-/m0/s1. The number of carbonyl (C=O) groups excluding carboxylic acids is 1. The van der Waals surface area contributed by atoms with Gasteiger partial charge in [0, 0.05) is 19.0 Å². The van der Waals surface area contributed by atoms with Crippen molar-refractivity contribution in [1.29, 1.82) is 0 Å². The van der Waals surface area contributed by atoms with E-state index in [1.54, 1.807) is 4.90 Å². The Bertz CT molecular complexity index is 491. The summed E-state index contributed by atoms with van der Waals surface area (Å²) in [6, 6.07) is 9.54. The molecule has 6 nitrogen and oxygen atoms in total. The Kier molecular flexibility index (Phi) is 6.21. The van der Waals surface area contributed by atoms with Gasteiger partial charge in [0.25, 0.3) is 0 Å². The monoisotopic (exact) mass is 307 g/mol. The van der Waals surface area contributed by atoms with Gasteiger partial charge in [-0.15, -0.1) is 0 Å². The van der Waals surface area contributed by atoms with Crippen molar-refractivity contribution in [3.8, 4) is 0 Å². The molecule has 1 aliphatic rings. The lowest BCUT2D eigenvalue weighted by molar-refractivity contribution is -0.142. The average molecular weight is 307 g/mol. The summed E-state index contributed by atoms with van der Waals surface area (Å²) in [4.78, 5) is 24.2. The third-order valence-electron chi connectivity index (χ3n) is 3.56. The summed E-state index contributed by atoms with van der Waals surface area (Å²) in [5.74, 6) is -0.813. The number of nitrogens with zero attached hydrogens (tertiary/aromatic N) is 1. The average Bonchev–Trinajstić information content (AvgIpc) is 2.53. The molecule has 2 rings (SSSR count). The van der Waals surface area contributed by atoms with Gasteiger partial charge in [0.2, 0.25) is 0 Å². The van der Waals surface area contributed by atoms with Gasteiger partial charge in [0.15, 0.2) is 0 Å². The topological polar surface area (TPSA) is 76.1 Å². The van der Waals surface area contributed by atoms with E-state index in [0.717, 1.165) is 18.4 Å². The van der Waals surface area contributed by atoms with E-state index >= 15 is 0 Å².